The minimum atomic E-state index is -0.970. The second-order valence-corrected chi connectivity index (χ2v) is 4.62. The van der Waals surface area contributed by atoms with Gasteiger partial charge in [0, 0.05) is 19.3 Å². The molecule has 20 heavy (non-hydrogen) atoms. The van der Waals surface area contributed by atoms with Gasteiger partial charge in [-0.05, 0) is 43.5 Å². The maximum atomic E-state index is 11.9. The van der Waals surface area contributed by atoms with Crippen molar-refractivity contribution in [3.63, 3.8) is 0 Å². The van der Waals surface area contributed by atoms with Gasteiger partial charge in [-0.15, -0.1) is 6.58 Å². The van der Waals surface area contributed by atoms with Gasteiger partial charge in [-0.25, -0.2) is 9.59 Å². The number of carbonyl (C=O) groups excluding carboxylic acids is 1. The number of allylic oxidation sites excluding steroid dienone is 1. The van der Waals surface area contributed by atoms with E-state index < -0.39 is 5.97 Å². The molecular formula is C15H20N2O3. The van der Waals surface area contributed by atoms with Crippen LogP contribution < -0.4 is 5.32 Å². The number of benzene rings is 1. The molecule has 0 radical (unpaired) electrons. The lowest BCUT2D eigenvalue weighted by Gasteiger charge is -2.18. The fourth-order valence-corrected chi connectivity index (χ4v) is 1.77. The van der Waals surface area contributed by atoms with Crippen molar-refractivity contribution in [1.29, 1.82) is 0 Å². The molecule has 1 aromatic carbocycles. The summed E-state index contributed by atoms with van der Waals surface area (Å²) in [5.74, 6) is -0.970. The highest BCUT2D eigenvalue weighted by Gasteiger charge is 2.11. The third kappa shape index (κ3) is 4.42. The van der Waals surface area contributed by atoms with Crippen LogP contribution in [-0.2, 0) is 0 Å². The summed E-state index contributed by atoms with van der Waals surface area (Å²) in [6.07, 6.45) is 3.55. The molecule has 108 valence electrons. The van der Waals surface area contributed by atoms with E-state index in [2.05, 4.69) is 11.9 Å². The van der Waals surface area contributed by atoms with E-state index in [0.717, 1.165) is 12.8 Å². The van der Waals surface area contributed by atoms with E-state index in [9.17, 15) is 9.59 Å². The van der Waals surface area contributed by atoms with Gasteiger partial charge in [0.1, 0.15) is 0 Å². The number of carbonyl (C=O) groups is 2. The molecule has 0 saturated heterocycles. The number of urea groups is 1. The normalized spacial score (nSPS) is 9.90. The van der Waals surface area contributed by atoms with Crippen LogP contribution in [0.25, 0.3) is 0 Å². The van der Waals surface area contributed by atoms with Crippen molar-refractivity contribution in [1.82, 2.24) is 4.90 Å². The van der Waals surface area contributed by atoms with Gasteiger partial charge in [0.05, 0.1) is 5.56 Å². The van der Waals surface area contributed by atoms with Crippen molar-refractivity contribution in [2.45, 2.75) is 19.8 Å². The molecule has 0 saturated carbocycles. The van der Waals surface area contributed by atoms with Crippen LogP contribution in [0.2, 0.25) is 0 Å². The third-order valence-corrected chi connectivity index (χ3v) is 2.96. The zero-order chi connectivity index (χ0) is 15.1. The minimum Gasteiger partial charge on any atom is -0.478 e. The summed E-state index contributed by atoms with van der Waals surface area (Å²) in [5, 5.41) is 11.7. The zero-order valence-corrected chi connectivity index (χ0v) is 11.8. The summed E-state index contributed by atoms with van der Waals surface area (Å²) in [4.78, 5) is 24.4. The Labute approximate surface area is 118 Å². The highest BCUT2D eigenvalue weighted by molar-refractivity contribution is 5.92. The summed E-state index contributed by atoms with van der Waals surface area (Å²) in [7, 11) is 1.72. The van der Waals surface area contributed by atoms with Crippen molar-refractivity contribution in [3.05, 3.63) is 42.0 Å². The van der Waals surface area contributed by atoms with Crippen molar-refractivity contribution in [3.8, 4) is 0 Å². The molecule has 5 nitrogen and oxygen atoms in total. The topological polar surface area (TPSA) is 69.6 Å². The van der Waals surface area contributed by atoms with Crippen LogP contribution in [0.1, 0.15) is 28.8 Å². The lowest BCUT2D eigenvalue weighted by molar-refractivity contribution is 0.0696. The lowest BCUT2D eigenvalue weighted by atomic mass is 10.1. The smallest absolute Gasteiger partial charge is 0.335 e. The molecule has 0 aliphatic carbocycles. The first-order valence-electron chi connectivity index (χ1n) is 6.42. The van der Waals surface area contributed by atoms with Gasteiger partial charge >= 0.3 is 12.0 Å². The summed E-state index contributed by atoms with van der Waals surface area (Å²) in [5.41, 5.74) is 1.44. The number of unbranched alkanes of at least 4 members (excludes halogenated alkanes) is 1. The molecule has 0 atom stereocenters. The standard InChI is InChI=1S/C15H20N2O3/c1-4-5-6-9-17(3)15(20)16-12-7-8-13(14(18)19)11(2)10-12/h4,7-8,10H,1,5-6,9H2,2-3H3,(H,16,20)(H,18,19). The van der Waals surface area contributed by atoms with Gasteiger partial charge in [0.25, 0.3) is 0 Å². The molecule has 0 fully saturated rings. The maximum absolute atomic E-state index is 11.9. The fourth-order valence-electron chi connectivity index (χ4n) is 1.77. The number of hydrogen-bond donors (Lipinski definition) is 2. The number of rotatable bonds is 6. The van der Waals surface area contributed by atoms with Crippen molar-refractivity contribution < 1.29 is 14.7 Å². The quantitative estimate of drug-likeness (QED) is 0.619. The molecule has 0 aromatic heterocycles. The summed E-state index contributed by atoms with van der Waals surface area (Å²) < 4.78 is 0. The number of aromatic carboxylic acids is 1. The van der Waals surface area contributed by atoms with Gasteiger partial charge in [0.15, 0.2) is 0 Å². The van der Waals surface area contributed by atoms with E-state index in [-0.39, 0.29) is 11.6 Å². The fraction of sp³-hybridized carbons (Fsp3) is 0.333. The molecule has 0 spiro atoms. The number of nitrogens with one attached hydrogen (secondary N) is 1. The number of anilines is 1. The van der Waals surface area contributed by atoms with Gasteiger partial charge in [-0.2, -0.15) is 0 Å². The Kier molecular flexibility index (Phi) is 5.77. The number of hydrogen-bond acceptors (Lipinski definition) is 2. The number of amides is 2. The second-order valence-electron chi connectivity index (χ2n) is 4.62. The monoisotopic (exact) mass is 276 g/mol. The average molecular weight is 276 g/mol. The number of carboxylic acid groups (broad SMARTS) is 1. The van der Waals surface area contributed by atoms with Crippen molar-refractivity contribution in [2.75, 3.05) is 18.9 Å². The average Bonchev–Trinajstić information content (AvgIpc) is 2.38. The Morgan fingerprint density at radius 1 is 1.45 bits per heavy atom. The first-order chi connectivity index (χ1) is 9.45. The van der Waals surface area contributed by atoms with Gasteiger partial charge in [-0.1, -0.05) is 6.08 Å². The molecule has 0 heterocycles. The van der Waals surface area contributed by atoms with E-state index in [4.69, 9.17) is 5.11 Å². The maximum Gasteiger partial charge on any atom is 0.335 e. The Morgan fingerprint density at radius 3 is 2.70 bits per heavy atom. The second kappa shape index (κ2) is 7.33. The van der Waals surface area contributed by atoms with E-state index in [1.165, 1.54) is 6.07 Å². The zero-order valence-electron chi connectivity index (χ0n) is 11.8. The Balaban J connectivity index is 2.64. The molecule has 1 rings (SSSR count). The van der Waals surface area contributed by atoms with Gasteiger partial charge in [0.2, 0.25) is 0 Å². The highest BCUT2D eigenvalue weighted by atomic mass is 16.4. The predicted octanol–water partition coefficient (Wildman–Crippen LogP) is 3.12. The molecule has 1 aromatic rings. The molecule has 0 unspecified atom stereocenters. The van der Waals surface area contributed by atoms with E-state index in [0.29, 0.717) is 17.8 Å². The van der Waals surface area contributed by atoms with Crippen LogP contribution in [0.3, 0.4) is 0 Å². The van der Waals surface area contributed by atoms with Gasteiger partial charge < -0.3 is 15.3 Å². The first kappa shape index (κ1) is 15.8. The Bertz CT molecular complexity index is 512. The molecule has 0 bridgehead atoms. The van der Waals surface area contributed by atoms with E-state index >= 15 is 0 Å². The summed E-state index contributed by atoms with van der Waals surface area (Å²) in [6, 6.07) is 4.52. The van der Waals surface area contributed by atoms with Crippen LogP contribution >= 0.6 is 0 Å². The summed E-state index contributed by atoms with van der Waals surface area (Å²) >= 11 is 0. The Hall–Kier alpha value is -2.30. The molecule has 2 amide bonds. The highest BCUT2D eigenvalue weighted by Crippen LogP contribution is 2.15. The van der Waals surface area contributed by atoms with Crippen molar-refractivity contribution in [2.24, 2.45) is 0 Å². The molecule has 5 heteroatoms. The summed E-state index contributed by atoms with van der Waals surface area (Å²) in [6.45, 7) is 5.98. The number of nitrogens with zero attached hydrogens (tertiary/aromatic N) is 1. The van der Waals surface area contributed by atoms with Gasteiger partial charge in [-0.3, -0.25) is 0 Å². The predicted molar refractivity (Wildman–Crippen MR) is 79.2 cm³/mol. The van der Waals surface area contributed by atoms with E-state index in [1.807, 2.05) is 6.08 Å². The molecule has 0 aliphatic rings. The first-order valence-corrected chi connectivity index (χ1v) is 6.42. The van der Waals surface area contributed by atoms with Crippen LogP contribution in [0.4, 0.5) is 10.5 Å². The molecular weight excluding hydrogens is 256 g/mol. The van der Waals surface area contributed by atoms with Crippen LogP contribution in [0, 0.1) is 6.92 Å². The molecule has 0 aliphatic heterocycles. The molecule has 2 N–H and O–H groups in total. The number of carboxylic acids is 1. The van der Waals surface area contributed by atoms with Crippen molar-refractivity contribution >= 4 is 17.7 Å². The third-order valence-electron chi connectivity index (χ3n) is 2.96. The van der Waals surface area contributed by atoms with Crippen LogP contribution in [-0.4, -0.2) is 35.6 Å². The number of aryl methyl sites for hydroxylation is 1. The SMILES string of the molecule is C=CCCCN(C)C(=O)Nc1ccc(C(=O)O)c(C)c1. The van der Waals surface area contributed by atoms with Crippen LogP contribution in [0.5, 0.6) is 0 Å². The van der Waals surface area contributed by atoms with Crippen LogP contribution in [0.15, 0.2) is 30.9 Å². The Morgan fingerprint density at radius 2 is 2.15 bits per heavy atom. The largest absolute Gasteiger partial charge is 0.478 e. The van der Waals surface area contributed by atoms with E-state index in [1.54, 1.807) is 31.0 Å². The lowest BCUT2D eigenvalue weighted by Crippen LogP contribution is -2.32. The minimum absolute atomic E-state index is 0.212.